The summed E-state index contributed by atoms with van der Waals surface area (Å²) in [6, 6.07) is 3.65. The second-order valence-electron chi connectivity index (χ2n) is 4.42. The maximum atomic E-state index is 11.9. The highest BCUT2D eigenvalue weighted by Crippen LogP contribution is 2.13. The molecule has 1 atom stereocenters. The number of hydrogen-bond acceptors (Lipinski definition) is 4. The van der Waals surface area contributed by atoms with Gasteiger partial charge in [0.25, 0.3) is 0 Å². The van der Waals surface area contributed by atoms with Gasteiger partial charge in [0.1, 0.15) is 0 Å². The molecule has 1 aromatic rings. The zero-order valence-corrected chi connectivity index (χ0v) is 11.2. The number of ketones is 1. The van der Waals surface area contributed by atoms with Crippen molar-refractivity contribution in [2.45, 2.75) is 25.9 Å². The van der Waals surface area contributed by atoms with Crippen molar-refractivity contribution < 1.29 is 14.3 Å². The van der Waals surface area contributed by atoms with E-state index in [2.05, 4.69) is 0 Å². The largest absolute Gasteiger partial charge is 0.375 e. The summed E-state index contributed by atoms with van der Waals surface area (Å²) in [5, 5.41) is 1.87. The summed E-state index contributed by atoms with van der Waals surface area (Å²) in [4.78, 5) is 26.2. The van der Waals surface area contributed by atoms with Gasteiger partial charge in [-0.15, -0.1) is 11.3 Å². The Bertz CT molecular complexity index is 416. The molecule has 98 valence electrons. The Hall–Kier alpha value is -1.20. The molecule has 18 heavy (non-hydrogen) atoms. The Morgan fingerprint density at radius 2 is 2.33 bits per heavy atom. The Balaban J connectivity index is 1.79. The number of thiophene rings is 1. The molecular formula is C13H17NO3S. The van der Waals surface area contributed by atoms with E-state index in [1.54, 1.807) is 11.0 Å². The summed E-state index contributed by atoms with van der Waals surface area (Å²) in [6.07, 6.45) is 0.685. The zero-order chi connectivity index (χ0) is 13.0. The topological polar surface area (TPSA) is 46.6 Å². The van der Waals surface area contributed by atoms with E-state index >= 15 is 0 Å². The number of morpholine rings is 1. The minimum absolute atomic E-state index is 0.0510. The number of ether oxygens (including phenoxy) is 1. The molecule has 0 bridgehead atoms. The van der Waals surface area contributed by atoms with E-state index in [-0.39, 0.29) is 17.8 Å². The normalized spacial score (nSPS) is 19.8. The second-order valence-corrected chi connectivity index (χ2v) is 5.37. The van der Waals surface area contributed by atoms with Crippen LogP contribution in [0.5, 0.6) is 0 Å². The van der Waals surface area contributed by atoms with Crippen LogP contribution in [0.1, 0.15) is 29.4 Å². The molecule has 0 aliphatic carbocycles. The minimum Gasteiger partial charge on any atom is -0.375 e. The number of Topliss-reactive ketones (excluding diaryl/α,β-unsaturated/α-hetero) is 1. The van der Waals surface area contributed by atoms with Crippen LogP contribution >= 0.6 is 11.3 Å². The highest BCUT2D eigenvalue weighted by atomic mass is 32.1. The molecule has 1 aliphatic rings. The molecule has 5 heteroatoms. The molecule has 0 N–H and O–H groups in total. The van der Waals surface area contributed by atoms with Gasteiger partial charge in [-0.2, -0.15) is 0 Å². The van der Waals surface area contributed by atoms with Gasteiger partial charge in [0.15, 0.2) is 5.78 Å². The fourth-order valence-corrected chi connectivity index (χ4v) is 2.68. The van der Waals surface area contributed by atoms with Crippen molar-refractivity contribution in [3.8, 4) is 0 Å². The number of nitrogens with zero attached hydrogens (tertiary/aromatic N) is 1. The van der Waals surface area contributed by atoms with Gasteiger partial charge in [0.05, 0.1) is 17.6 Å². The van der Waals surface area contributed by atoms with Crippen LogP contribution in [0.15, 0.2) is 17.5 Å². The van der Waals surface area contributed by atoms with Crippen LogP contribution in [-0.4, -0.2) is 42.4 Å². The Labute approximate surface area is 111 Å². The fourth-order valence-electron chi connectivity index (χ4n) is 1.98. The molecule has 0 saturated carbocycles. The number of carbonyl (C=O) groups is 2. The standard InChI is InChI=1S/C13H17NO3S/c1-10-9-14(6-7-17-10)13(16)5-4-11(15)12-3-2-8-18-12/h2-3,8,10H,4-7,9H2,1H3. The lowest BCUT2D eigenvalue weighted by Crippen LogP contribution is -2.44. The van der Waals surface area contributed by atoms with Gasteiger partial charge in [0.2, 0.25) is 5.91 Å². The first-order valence-electron chi connectivity index (χ1n) is 6.13. The van der Waals surface area contributed by atoms with Crippen LogP contribution < -0.4 is 0 Å². The van der Waals surface area contributed by atoms with E-state index in [4.69, 9.17) is 4.74 Å². The summed E-state index contributed by atoms with van der Waals surface area (Å²) in [5.41, 5.74) is 0. The second kappa shape index (κ2) is 6.11. The van der Waals surface area contributed by atoms with E-state index < -0.39 is 0 Å². The minimum atomic E-state index is 0.0510. The highest BCUT2D eigenvalue weighted by molar-refractivity contribution is 7.12. The lowest BCUT2D eigenvalue weighted by Gasteiger charge is -2.31. The molecule has 0 spiro atoms. The van der Waals surface area contributed by atoms with Crippen LogP contribution in [0.3, 0.4) is 0 Å². The summed E-state index contributed by atoms with van der Waals surface area (Å²) >= 11 is 1.42. The van der Waals surface area contributed by atoms with Crippen molar-refractivity contribution in [2.24, 2.45) is 0 Å². The Morgan fingerprint density at radius 3 is 3.00 bits per heavy atom. The maximum absolute atomic E-state index is 11.9. The van der Waals surface area contributed by atoms with E-state index in [0.717, 1.165) is 4.88 Å². The number of hydrogen-bond donors (Lipinski definition) is 0. The molecule has 2 rings (SSSR count). The lowest BCUT2D eigenvalue weighted by atomic mass is 10.1. The predicted molar refractivity (Wildman–Crippen MR) is 69.9 cm³/mol. The molecule has 1 fully saturated rings. The fraction of sp³-hybridized carbons (Fsp3) is 0.538. The molecule has 1 saturated heterocycles. The molecule has 1 amide bonds. The SMILES string of the molecule is CC1CN(C(=O)CCC(=O)c2cccs2)CCO1. The van der Waals surface area contributed by atoms with E-state index in [1.807, 2.05) is 18.4 Å². The number of amides is 1. The van der Waals surface area contributed by atoms with Gasteiger partial charge in [0, 0.05) is 25.9 Å². The molecule has 0 aromatic carbocycles. The van der Waals surface area contributed by atoms with Crippen LogP contribution in [-0.2, 0) is 9.53 Å². The van der Waals surface area contributed by atoms with Crippen LogP contribution in [0.25, 0.3) is 0 Å². The third-order valence-corrected chi connectivity index (χ3v) is 3.87. The predicted octanol–water partition coefficient (Wildman–Crippen LogP) is 1.96. The van der Waals surface area contributed by atoms with Gasteiger partial charge in [-0.3, -0.25) is 9.59 Å². The number of carbonyl (C=O) groups excluding carboxylic acids is 2. The maximum Gasteiger partial charge on any atom is 0.223 e. The molecular weight excluding hydrogens is 250 g/mol. The quantitative estimate of drug-likeness (QED) is 0.783. The molecule has 4 nitrogen and oxygen atoms in total. The van der Waals surface area contributed by atoms with Gasteiger partial charge in [-0.25, -0.2) is 0 Å². The average Bonchev–Trinajstić information content (AvgIpc) is 2.89. The zero-order valence-electron chi connectivity index (χ0n) is 10.4. The number of rotatable bonds is 4. The lowest BCUT2D eigenvalue weighted by molar-refractivity contribution is -0.138. The third kappa shape index (κ3) is 3.40. The van der Waals surface area contributed by atoms with E-state index in [1.165, 1.54) is 11.3 Å². The Morgan fingerprint density at radius 1 is 1.50 bits per heavy atom. The highest BCUT2D eigenvalue weighted by Gasteiger charge is 2.21. The van der Waals surface area contributed by atoms with Crippen LogP contribution in [0.4, 0.5) is 0 Å². The van der Waals surface area contributed by atoms with Crippen molar-refractivity contribution in [1.29, 1.82) is 0 Å². The van der Waals surface area contributed by atoms with Crippen LogP contribution in [0, 0.1) is 0 Å². The monoisotopic (exact) mass is 267 g/mol. The smallest absolute Gasteiger partial charge is 0.223 e. The summed E-state index contributed by atoms with van der Waals surface area (Å²) in [7, 11) is 0. The van der Waals surface area contributed by atoms with Crippen molar-refractivity contribution >= 4 is 23.0 Å². The molecule has 1 aliphatic heterocycles. The van der Waals surface area contributed by atoms with Crippen molar-refractivity contribution in [3.63, 3.8) is 0 Å². The van der Waals surface area contributed by atoms with Crippen molar-refractivity contribution in [3.05, 3.63) is 22.4 Å². The first-order valence-corrected chi connectivity index (χ1v) is 7.01. The van der Waals surface area contributed by atoms with Gasteiger partial charge >= 0.3 is 0 Å². The molecule has 1 unspecified atom stereocenters. The van der Waals surface area contributed by atoms with Gasteiger partial charge in [-0.1, -0.05) is 6.07 Å². The summed E-state index contributed by atoms with van der Waals surface area (Å²) in [6.45, 7) is 3.81. The van der Waals surface area contributed by atoms with E-state index in [0.29, 0.717) is 32.5 Å². The van der Waals surface area contributed by atoms with Crippen LogP contribution in [0.2, 0.25) is 0 Å². The summed E-state index contributed by atoms with van der Waals surface area (Å²) in [5.74, 6) is 0.106. The first-order chi connectivity index (χ1) is 8.66. The average molecular weight is 267 g/mol. The molecule has 1 aromatic heterocycles. The van der Waals surface area contributed by atoms with Gasteiger partial charge in [-0.05, 0) is 18.4 Å². The van der Waals surface area contributed by atoms with Crippen molar-refractivity contribution in [2.75, 3.05) is 19.7 Å². The Kier molecular flexibility index (Phi) is 4.49. The van der Waals surface area contributed by atoms with E-state index in [9.17, 15) is 9.59 Å². The third-order valence-electron chi connectivity index (χ3n) is 2.96. The first kappa shape index (κ1) is 13.2. The van der Waals surface area contributed by atoms with Gasteiger partial charge < -0.3 is 9.64 Å². The molecule has 0 radical (unpaired) electrons. The molecule has 2 heterocycles. The summed E-state index contributed by atoms with van der Waals surface area (Å²) < 4.78 is 5.38. The van der Waals surface area contributed by atoms with Crippen molar-refractivity contribution in [1.82, 2.24) is 4.90 Å².